The van der Waals surface area contributed by atoms with E-state index in [1.807, 2.05) is 0 Å². The highest BCUT2D eigenvalue weighted by atomic mass is 19.1. The number of likely N-dealkylation sites (tertiary alicyclic amines) is 1. The Hall–Kier alpha value is -4.02. The molecule has 1 atom stereocenters. The third-order valence-corrected chi connectivity index (χ3v) is 4.98. The van der Waals surface area contributed by atoms with E-state index in [-0.39, 0.29) is 53.6 Å². The van der Waals surface area contributed by atoms with Crippen LogP contribution in [0.25, 0.3) is 11.3 Å². The van der Waals surface area contributed by atoms with Crippen molar-refractivity contribution in [3.8, 4) is 17.3 Å². The number of halogens is 2. The van der Waals surface area contributed by atoms with Gasteiger partial charge in [-0.15, -0.1) is 0 Å². The molecule has 0 spiro atoms. The molecule has 1 aromatic carbocycles. The van der Waals surface area contributed by atoms with Gasteiger partial charge in [-0.05, 0) is 24.3 Å². The Morgan fingerprint density at radius 2 is 2.00 bits per heavy atom. The van der Waals surface area contributed by atoms with Gasteiger partial charge in [-0.1, -0.05) is 0 Å². The van der Waals surface area contributed by atoms with E-state index in [0.29, 0.717) is 19.0 Å². The molecule has 1 saturated heterocycles. The number of hydrogen-bond donors (Lipinski definition) is 0. The second kappa shape index (κ2) is 9.00. The second-order valence-electron chi connectivity index (χ2n) is 7.12. The van der Waals surface area contributed by atoms with Crippen LogP contribution in [0.4, 0.5) is 14.5 Å². The molecule has 3 heterocycles. The Bertz CT molecular complexity index is 1160. The van der Waals surface area contributed by atoms with Gasteiger partial charge < -0.3 is 9.64 Å². The third-order valence-electron chi connectivity index (χ3n) is 4.98. The second-order valence-corrected chi connectivity index (χ2v) is 7.12. The summed E-state index contributed by atoms with van der Waals surface area (Å²) in [4.78, 5) is 37.2. The number of hydrogen-bond acceptors (Lipinski definition) is 7. The topological polar surface area (TPSA) is 111 Å². The highest BCUT2D eigenvalue weighted by molar-refractivity contribution is 5.80. The van der Waals surface area contributed by atoms with Crippen LogP contribution in [-0.4, -0.2) is 49.9 Å². The fourth-order valence-electron chi connectivity index (χ4n) is 3.44. The molecule has 3 aromatic rings. The maximum atomic E-state index is 14.1. The number of carbonyl (C=O) groups is 1. The van der Waals surface area contributed by atoms with Crippen molar-refractivity contribution in [2.75, 3.05) is 13.1 Å². The van der Waals surface area contributed by atoms with Crippen molar-refractivity contribution in [2.24, 2.45) is 0 Å². The fraction of sp³-hybridized carbons (Fsp3) is 0.238. The molecule has 164 valence electrons. The van der Waals surface area contributed by atoms with E-state index < -0.39 is 16.6 Å². The molecule has 1 aliphatic rings. The SMILES string of the molecule is O=C(Cc1nc(-c2ccc(F)cc2F)ccc1[N+](=O)[O-])N1CCC(Oc2ncccn2)C1. The molecule has 4 rings (SSSR count). The summed E-state index contributed by atoms with van der Waals surface area (Å²) in [5.41, 5.74) is -0.404. The summed E-state index contributed by atoms with van der Waals surface area (Å²) < 4.78 is 33.0. The molecule has 0 N–H and O–H groups in total. The summed E-state index contributed by atoms with van der Waals surface area (Å²) in [5.74, 6) is -1.99. The van der Waals surface area contributed by atoms with Gasteiger partial charge in [0.25, 0.3) is 5.69 Å². The molecule has 0 radical (unpaired) electrons. The zero-order chi connectivity index (χ0) is 22.7. The number of amides is 1. The molecule has 1 amide bonds. The van der Waals surface area contributed by atoms with Gasteiger partial charge in [-0.2, -0.15) is 0 Å². The number of aromatic nitrogens is 3. The zero-order valence-corrected chi connectivity index (χ0v) is 16.6. The van der Waals surface area contributed by atoms with Gasteiger partial charge >= 0.3 is 6.01 Å². The molecule has 0 aliphatic carbocycles. The van der Waals surface area contributed by atoms with E-state index in [9.17, 15) is 23.7 Å². The van der Waals surface area contributed by atoms with E-state index in [1.165, 1.54) is 17.0 Å². The molecule has 2 aromatic heterocycles. The Morgan fingerprint density at radius 3 is 2.72 bits per heavy atom. The molecular weight excluding hydrogens is 424 g/mol. The molecule has 32 heavy (non-hydrogen) atoms. The Kier molecular flexibility index (Phi) is 5.97. The van der Waals surface area contributed by atoms with Crippen molar-refractivity contribution < 1.29 is 23.2 Å². The van der Waals surface area contributed by atoms with Gasteiger partial charge in [-0.25, -0.2) is 23.7 Å². The molecular formula is C21H17F2N5O4. The molecule has 1 fully saturated rings. The number of rotatable bonds is 6. The van der Waals surface area contributed by atoms with E-state index in [2.05, 4.69) is 15.0 Å². The third kappa shape index (κ3) is 4.66. The first-order valence-electron chi connectivity index (χ1n) is 9.72. The normalized spacial score (nSPS) is 15.6. The lowest BCUT2D eigenvalue weighted by atomic mass is 10.1. The van der Waals surface area contributed by atoms with Gasteiger partial charge in [0.05, 0.1) is 23.6 Å². The van der Waals surface area contributed by atoms with Crippen LogP contribution in [0.5, 0.6) is 6.01 Å². The van der Waals surface area contributed by atoms with Crippen LogP contribution in [0.2, 0.25) is 0 Å². The zero-order valence-electron chi connectivity index (χ0n) is 16.6. The van der Waals surface area contributed by atoms with Crippen LogP contribution in [-0.2, 0) is 11.2 Å². The van der Waals surface area contributed by atoms with E-state index >= 15 is 0 Å². The van der Waals surface area contributed by atoms with Gasteiger partial charge in [0.15, 0.2) is 0 Å². The van der Waals surface area contributed by atoms with E-state index in [4.69, 9.17) is 4.74 Å². The van der Waals surface area contributed by atoms with Crippen molar-refractivity contribution >= 4 is 11.6 Å². The minimum Gasteiger partial charge on any atom is -0.458 e. The van der Waals surface area contributed by atoms with Crippen LogP contribution in [0.1, 0.15) is 12.1 Å². The van der Waals surface area contributed by atoms with Crippen LogP contribution in [0, 0.1) is 21.7 Å². The van der Waals surface area contributed by atoms with E-state index in [1.54, 1.807) is 18.5 Å². The van der Waals surface area contributed by atoms with Crippen molar-refractivity contribution in [1.29, 1.82) is 0 Å². The standard InChI is InChI=1S/C21H17F2N5O4/c22-13-2-3-15(16(23)10-13)17-4-5-19(28(30)31)18(26-17)11-20(29)27-9-6-14(12-27)32-21-24-7-1-8-25-21/h1-5,7-8,10,14H,6,9,11-12H2. The number of carbonyl (C=O) groups excluding carboxylic acids is 1. The molecule has 1 aliphatic heterocycles. The lowest BCUT2D eigenvalue weighted by Gasteiger charge is -2.16. The summed E-state index contributed by atoms with van der Waals surface area (Å²) in [7, 11) is 0. The van der Waals surface area contributed by atoms with Crippen LogP contribution in [0.3, 0.4) is 0 Å². The maximum absolute atomic E-state index is 14.1. The molecule has 1 unspecified atom stereocenters. The summed E-state index contributed by atoms with van der Waals surface area (Å²) in [6.07, 6.45) is 3.00. The summed E-state index contributed by atoms with van der Waals surface area (Å²) in [5, 5.41) is 11.4. The maximum Gasteiger partial charge on any atom is 0.316 e. The van der Waals surface area contributed by atoms with Gasteiger partial charge in [0.2, 0.25) is 5.91 Å². The number of nitro groups is 1. The van der Waals surface area contributed by atoms with Crippen molar-refractivity contribution in [3.63, 3.8) is 0 Å². The molecule has 9 nitrogen and oxygen atoms in total. The van der Waals surface area contributed by atoms with Crippen molar-refractivity contribution in [2.45, 2.75) is 18.9 Å². The number of benzene rings is 1. The summed E-state index contributed by atoms with van der Waals surface area (Å²) in [6.45, 7) is 0.674. The summed E-state index contributed by atoms with van der Waals surface area (Å²) in [6, 6.07) is 7.25. The quantitative estimate of drug-likeness (QED) is 0.427. The van der Waals surface area contributed by atoms with E-state index in [0.717, 1.165) is 12.1 Å². The predicted molar refractivity (Wildman–Crippen MR) is 108 cm³/mol. The monoisotopic (exact) mass is 441 g/mol. The Morgan fingerprint density at radius 1 is 1.22 bits per heavy atom. The predicted octanol–water partition coefficient (Wildman–Crippen LogP) is 2.95. The average molecular weight is 441 g/mol. The number of nitrogens with zero attached hydrogens (tertiary/aromatic N) is 5. The van der Waals surface area contributed by atoms with Crippen LogP contribution < -0.4 is 4.74 Å². The summed E-state index contributed by atoms with van der Waals surface area (Å²) >= 11 is 0. The highest BCUT2D eigenvalue weighted by Gasteiger charge is 2.30. The van der Waals surface area contributed by atoms with Crippen LogP contribution in [0.15, 0.2) is 48.8 Å². The molecule has 0 saturated carbocycles. The first kappa shape index (κ1) is 21.2. The van der Waals surface area contributed by atoms with Crippen molar-refractivity contribution in [1.82, 2.24) is 19.9 Å². The lowest BCUT2D eigenvalue weighted by molar-refractivity contribution is -0.385. The first-order chi connectivity index (χ1) is 15.4. The van der Waals surface area contributed by atoms with Gasteiger partial charge in [-0.3, -0.25) is 14.9 Å². The first-order valence-corrected chi connectivity index (χ1v) is 9.72. The lowest BCUT2D eigenvalue weighted by Crippen LogP contribution is -2.32. The average Bonchev–Trinajstić information content (AvgIpc) is 3.23. The number of ether oxygens (including phenoxy) is 1. The van der Waals surface area contributed by atoms with Gasteiger partial charge in [0.1, 0.15) is 23.4 Å². The number of pyridine rings is 1. The minimum absolute atomic E-state index is 0.0208. The highest BCUT2D eigenvalue weighted by Crippen LogP contribution is 2.27. The molecule has 0 bridgehead atoms. The minimum atomic E-state index is -0.855. The van der Waals surface area contributed by atoms with Crippen molar-refractivity contribution in [3.05, 3.63) is 76.2 Å². The molecule has 11 heteroatoms. The Balaban J connectivity index is 1.51. The largest absolute Gasteiger partial charge is 0.458 e. The fourth-order valence-corrected chi connectivity index (χ4v) is 3.44. The van der Waals surface area contributed by atoms with Gasteiger partial charge in [0, 0.05) is 43.1 Å². The van der Waals surface area contributed by atoms with Crippen LogP contribution >= 0.6 is 0 Å². The smallest absolute Gasteiger partial charge is 0.316 e. The Labute approximate surface area is 180 Å².